The summed E-state index contributed by atoms with van der Waals surface area (Å²) in [5, 5.41) is 2.40. The van der Waals surface area contributed by atoms with Gasteiger partial charge in [0.15, 0.2) is 0 Å². The van der Waals surface area contributed by atoms with Crippen LogP contribution in [0, 0.1) is 6.92 Å². The Labute approximate surface area is 122 Å². The molecule has 1 aromatic rings. The quantitative estimate of drug-likeness (QED) is 0.347. The van der Waals surface area contributed by atoms with Gasteiger partial charge in [0.05, 0.1) is 4.90 Å². The number of nitrogens with two attached hydrogens (primary N) is 1. The third-order valence-electron chi connectivity index (χ3n) is 2.02. The van der Waals surface area contributed by atoms with E-state index in [9.17, 15) is 17.8 Å². The molecule has 88 valence electrons. The second-order valence-corrected chi connectivity index (χ2v) is 4.70. The van der Waals surface area contributed by atoms with E-state index in [-0.39, 0.29) is 46.8 Å². The first-order valence-corrected chi connectivity index (χ1v) is 5.76. The summed E-state index contributed by atoms with van der Waals surface area (Å²) in [7, 11) is -4.58. The zero-order chi connectivity index (χ0) is 12.5. The molecule has 1 amide bonds. The molecule has 1 rings (SSSR count). The number of nitrogen functional groups attached to an aromatic ring is 1. The topological polar surface area (TPSA) is 112 Å². The van der Waals surface area contributed by atoms with Gasteiger partial charge in [-0.15, -0.1) is 0 Å². The molecule has 0 saturated heterocycles. The predicted octanol–water partition coefficient (Wildman–Crippen LogP) is -2.56. The van der Waals surface area contributed by atoms with Gasteiger partial charge in [-0.05, 0) is 24.6 Å². The summed E-state index contributed by atoms with van der Waals surface area (Å²) >= 11 is 0. The van der Waals surface area contributed by atoms with Crippen LogP contribution in [0.15, 0.2) is 17.0 Å². The van der Waals surface area contributed by atoms with E-state index in [2.05, 4.69) is 5.32 Å². The van der Waals surface area contributed by atoms with Gasteiger partial charge in [0.1, 0.15) is 10.1 Å². The minimum absolute atomic E-state index is 0. The number of hydrogen-bond donors (Lipinski definition) is 2. The number of rotatable bonds is 2. The molecule has 0 unspecified atom stereocenters. The maximum absolute atomic E-state index is 10.9. The molecule has 17 heavy (non-hydrogen) atoms. The molecule has 0 atom stereocenters. The Morgan fingerprint density at radius 3 is 2.35 bits per heavy atom. The van der Waals surface area contributed by atoms with Crippen molar-refractivity contribution in [3.63, 3.8) is 0 Å². The van der Waals surface area contributed by atoms with Crippen molar-refractivity contribution < 1.29 is 47.3 Å². The minimum Gasteiger partial charge on any atom is -0.744 e. The molecule has 0 fully saturated rings. The van der Waals surface area contributed by atoms with Crippen LogP contribution in [0.2, 0.25) is 0 Å². The van der Waals surface area contributed by atoms with Crippen LogP contribution in [0.1, 0.15) is 12.5 Å². The van der Waals surface area contributed by atoms with Gasteiger partial charge < -0.3 is 15.6 Å². The van der Waals surface area contributed by atoms with Crippen LogP contribution in [-0.2, 0) is 14.9 Å². The standard InChI is InChI=1S/C9H12N2O4S.Na/c1-5-8(10)3-7(16(13,14)15)4-9(5)11-6(2)12;/h3-4H,10H2,1-2H3,(H,11,12)(H,13,14,15);/q;+1/p-1. The molecule has 3 N–H and O–H groups in total. The number of carbonyl (C=O) groups is 1. The van der Waals surface area contributed by atoms with Crippen molar-refractivity contribution in [2.45, 2.75) is 18.7 Å². The van der Waals surface area contributed by atoms with E-state index in [1.807, 2.05) is 0 Å². The number of carbonyl (C=O) groups excluding carboxylic acids is 1. The maximum atomic E-state index is 10.9. The van der Waals surface area contributed by atoms with Crippen molar-refractivity contribution in [3.05, 3.63) is 17.7 Å². The third kappa shape index (κ3) is 4.29. The molecule has 0 aliphatic rings. The first-order chi connectivity index (χ1) is 7.21. The van der Waals surface area contributed by atoms with Gasteiger partial charge in [-0.2, -0.15) is 0 Å². The van der Waals surface area contributed by atoms with Gasteiger partial charge >= 0.3 is 29.6 Å². The fraction of sp³-hybridized carbons (Fsp3) is 0.222. The summed E-state index contributed by atoms with van der Waals surface area (Å²) in [5.74, 6) is -0.372. The second-order valence-electron chi connectivity index (χ2n) is 3.32. The Balaban J connectivity index is 0.00000256. The largest absolute Gasteiger partial charge is 1.00 e. The number of amides is 1. The molecule has 0 saturated carbocycles. The van der Waals surface area contributed by atoms with Crippen molar-refractivity contribution in [1.29, 1.82) is 0 Å². The first-order valence-electron chi connectivity index (χ1n) is 4.35. The van der Waals surface area contributed by atoms with E-state index in [0.717, 1.165) is 12.1 Å². The Morgan fingerprint density at radius 1 is 1.41 bits per heavy atom. The average Bonchev–Trinajstić information content (AvgIpc) is 2.10. The fourth-order valence-electron chi connectivity index (χ4n) is 1.17. The molecule has 1 aromatic carbocycles. The number of anilines is 2. The zero-order valence-electron chi connectivity index (χ0n) is 9.77. The Bertz CT molecular complexity index is 542. The van der Waals surface area contributed by atoms with Crippen LogP contribution < -0.4 is 40.6 Å². The van der Waals surface area contributed by atoms with E-state index in [0.29, 0.717) is 5.56 Å². The van der Waals surface area contributed by atoms with E-state index >= 15 is 0 Å². The molecule has 0 radical (unpaired) electrons. The SMILES string of the molecule is CC(=O)Nc1cc(S(=O)(=O)[O-])cc(N)c1C.[Na+]. The van der Waals surface area contributed by atoms with E-state index < -0.39 is 15.0 Å². The molecular weight excluding hydrogens is 255 g/mol. The molecule has 0 aromatic heterocycles. The van der Waals surface area contributed by atoms with E-state index in [4.69, 9.17) is 5.73 Å². The molecule has 0 aliphatic heterocycles. The van der Waals surface area contributed by atoms with Crippen molar-refractivity contribution in [2.24, 2.45) is 0 Å². The summed E-state index contributed by atoms with van der Waals surface area (Å²) in [5.41, 5.74) is 6.42. The van der Waals surface area contributed by atoms with Crippen LogP contribution in [0.25, 0.3) is 0 Å². The van der Waals surface area contributed by atoms with Crippen LogP contribution in [0.4, 0.5) is 11.4 Å². The molecule has 8 heteroatoms. The van der Waals surface area contributed by atoms with Gasteiger partial charge in [-0.25, -0.2) is 8.42 Å². The molecule has 0 heterocycles. The average molecular weight is 266 g/mol. The van der Waals surface area contributed by atoms with Gasteiger partial charge in [-0.3, -0.25) is 4.79 Å². The van der Waals surface area contributed by atoms with Crippen LogP contribution in [0.5, 0.6) is 0 Å². The Hall–Kier alpha value is -0.600. The van der Waals surface area contributed by atoms with Gasteiger partial charge in [0.25, 0.3) is 0 Å². The van der Waals surface area contributed by atoms with Gasteiger partial charge in [-0.1, -0.05) is 0 Å². The van der Waals surface area contributed by atoms with Crippen molar-refractivity contribution in [1.82, 2.24) is 0 Å². The van der Waals surface area contributed by atoms with Gasteiger partial charge in [0, 0.05) is 18.3 Å². The van der Waals surface area contributed by atoms with Crippen molar-refractivity contribution in [3.8, 4) is 0 Å². The van der Waals surface area contributed by atoms with Crippen LogP contribution in [0.3, 0.4) is 0 Å². The number of nitrogens with one attached hydrogen (secondary N) is 1. The van der Waals surface area contributed by atoms with Gasteiger partial charge in [0.2, 0.25) is 5.91 Å². The summed E-state index contributed by atoms with van der Waals surface area (Å²) in [6.45, 7) is 2.88. The zero-order valence-corrected chi connectivity index (χ0v) is 12.6. The molecule has 6 nitrogen and oxygen atoms in total. The smallest absolute Gasteiger partial charge is 0.744 e. The molecule has 0 aliphatic carbocycles. The normalized spacial score (nSPS) is 10.5. The summed E-state index contributed by atoms with van der Waals surface area (Å²) < 4.78 is 32.4. The third-order valence-corrected chi connectivity index (χ3v) is 2.83. The Morgan fingerprint density at radius 2 is 1.94 bits per heavy atom. The number of hydrogen-bond acceptors (Lipinski definition) is 5. The van der Waals surface area contributed by atoms with Crippen LogP contribution >= 0.6 is 0 Å². The van der Waals surface area contributed by atoms with Crippen molar-refractivity contribution >= 4 is 27.4 Å². The molecular formula is C9H11N2NaO4S. The van der Waals surface area contributed by atoms with E-state index in [1.165, 1.54) is 6.92 Å². The first kappa shape index (κ1) is 16.4. The number of benzene rings is 1. The minimum atomic E-state index is -4.58. The maximum Gasteiger partial charge on any atom is 1.00 e. The van der Waals surface area contributed by atoms with Crippen LogP contribution in [-0.4, -0.2) is 18.9 Å². The molecule has 0 bridgehead atoms. The van der Waals surface area contributed by atoms with Crippen molar-refractivity contribution in [2.75, 3.05) is 11.1 Å². The molecule has 0 spiro atoms. The van der Waals surface area contributed by atoms with E-state index in [1.54, 1.807) is 6.92 Å². The predicted molar refractivity (Wildman–Crippen MR) is 57.9 cm³/mol. The summed E-state index contributed by atoms with van der Waals surface area (Å²) in [6.07, 6.45) is 0. The second kappa shape index (κ2) is 5.83. The summed E-state index contributed by atoms with van der Waals surface area (Å²) in [4.78, 5) is 10.4. The fourth-order valence-corrected chi connectivity index (χ4v) is 1.71. The monoisotopic (exact) mass is 266 g/mol. The Kier molecular flexibility index (Phi) is 5.63. The summed E-state index contributed by atoms with van der Waals surface area (Å²) in [6, 6.07) is 2.17.